The van der Waals surface area contributed by atoms with E-state index in [1.165, 1.54) is 0 Å². The summed E-state index contributed by atoms with van der Waals surface area (Å²) < 4.78 is 5.42. The Bertz CT molecular complexity index is 729. The maximum atomic E-state index is 12.6. The molecule has 7 nitrogen and oxygen atoms in total. The molecule has 0 aliphatic carbocycles. The summed E-state index contributed by atoms with van der Waals surface area (Å²) in [6.45, 7) is 10.00. The smallest absolute Gasteiger partial charge is 0.237 e. The maximum absolute atomic E-state index is 12.6. The van der Waals surface area contributed by atoms with E-state index in [-0.39, 0.29) is 23.8 Å². The van der Waals surface area contributed by atoms with Crippen LogP contribution in [0.5, 0.6) is 0 Å². The minimum Gasteiger partial charge on any atom is -0.379 e. The Morgan fingerprint density at radius 3 is 2.70 bits per heavy atom. The Kier molecular flexibility index (Phi) is 8.01. The molecule has 0 saturated carbocycles. The van der Waals surface area contributed by atoms with Crippen LogP contribution in [0, 0.1) is 0 Å². The summed E-state index contributed by atoms with van der Waals surface area (Å²) in [5, 5.41) is 5.94. The lowest BCUT2D eigenvalue weighted by Crippen LogP contribution is -2.58. The van der Waals surface area contributed by atoms with E-state index in [2.05, 4.69) is 46.4 Å². The molecule has 0 radical (unpaired) electrons. The van der Waals surface area contributed by atoms with Crippen molar-refractivity contribution in [2.45, 2.75) is 31.8 Å². The number of morpholine rings is 1. The number of rotatable bonds is 8. The topological polar surface area (TPSA) is 73.9 Å². The van der Waals surface area contributed by atoms with Crippen molar-refractivity contribution in [3.63, 3.8) is 0 Å². The fourth-order valence-electron chi connectivity index (χ4n) is 3.93. The fourth-order valence-corrected chi connectivity index (χ4v) is 3.93. The van der Waals surface area contributed by atoms with Crippen LogP contribution in [0.3, 0.4) is 0 Å². The van der Waals surface area contributed by atoms with Crippen LogP contribution in [-0.2, 0) is 14.3 Å². The first-order valence-corrected chi connectivity index (χ1v) is 10.8. The highest BCUT2D eigenvalue weighted by Crippen LogP contribution is 2.16. The molecule has 1 aromatic carbocycles. The van der Waals surface area contributed by atoms with E-state index in [1.54, 1.807) is 0 Å². The lowest BCUT2D eigenvalue weighted by atomic mass is 10.0. The van der Waals surface area contributed by atoms with Crippen molar-refractivity contribution in [1.82, 2.24) is 20.4 Å². The van der Waals surface area contributed by atoms with Crippen molar-refractivity contribution >= 4 is 17.9 Å². The SMILES string of the molecule is CC(C)(CNC(=O)C[C@H]1C(=O)NCCN1C/C=C/c1ccccc1)N1CCOCC1. The molecule has 164 valence electrons. The molecule has 1 aromatic rings. The zero-order valence-electron chi connectivity index (χ0n) is 18.1. The van der Waals surface area contributed by atoms with E-state index in [4.69, 9.17) is 4.74 Å². The number of nitrogens with zero attached hydrogens (tertiary/aromatic N) is 2. The number of nitrogens with one attached hydrogen (secondary N) is 2. The summed E-state index contributed by atoms with van der Waals surface area (Å²) >= 11 is 0. The first-order chi connectivity index (χ1) is 14.5. The fraction of sp³-hybridized carbons (Fsp3) is 0.565. The van der Waals surface area contributed by atoms with Gasteiger partial charge >= 0.3 is 0 Å². The van der Waals surface area contributed by atoms with Gasteiger partial charge in [0.05, 0.1) is 25.7 Å². The number of hydrogen-bond acceptors (Lipinski definition) is 5. The molecule has 2 aliphatic rings. The number of amides is 2. The number of benzene rings is 1. The van der Waals surface area contributed by atoms with Gasteiger partial charge in [-0.05, 0) is 19.4 Å². The molecule has 3 rings (SSSR count). The normalized spacial score (nSPS) is 21.5. The highest BCUT2D eigenvalue weighted by Gasteiger charge is 2.32. The molecule has 2 saturated heterocycles. The van der Waals surface area contributed by atoms with Crippen LogP contribution in [0.4, 0.5) is 0 Å². The lowest BCUT2D eigenvalue weighted by molar-refractivity contribution is -0.133. The molecular formula is C23H34N4O3. The van der Waals surface area contributed by atoms with Crippen LogP contribution >= 0.6 is 0 Å². The van der Waals surface area contributed by atoms with Gasteiger partial charge in [0, 0.05) is 44.8 Å². The van der Waals surface area contributed by atoms with E-state index < -0.39 is 6.04 Å². The van der Waals surface area contributed by atoms with Gasteiger partial charge in [-0.25, -0.2) is 0 Å². The van der Waals surface area contributed by atoms with Crippen molar-refractivity contribution in [2.75, 3.05) is 52.5 Å². The molecule has 0 unspecified atom stereocenters. The largest absolute Gasteiger partial charge is 0.379 e. The Morgan fingerprint density at radius 2 is 1.97 bits per heavy atom. The third kappa shape index (κ3) is 6.39. The molecule has 0 aromatic heterocycles. The Hall–Kier alpha value is -2.22. The van der Waals surface area contributed by atoms with E-state index >= 15 is 0 Å². The Labute approximate surface area is 179 Å². The third-order valence-corrected chi connectivity index (χ3v) is 5.86. The van der Waals surface area contributed by atoms with Gasteiger partial charge in [-0.1, -0.05) is 42.5 Å². The zero-order valence-corrected chi connectivity index (χ0v) is 18.1. The quantitative estimate of drug-likeness (QED) is 0.667. The monoisotopic (exact) mass is 414 g/mol. The molecule has 2 amide bonds. The minimum atomic E-state index is -0.439. The second kappa shape index (κ2) is 10.7. The summed E-state index contributed by atoms with van der Waals surface area (Å²) in [6.07, 6.45) is 4.28. The number of hydrogen-bond donors (Lipinski definition) is 2. The average Bonchev–Trinajstić information content (AvgIpc) is 2.76. The third-order valence-electron chi connectivity index (χ3n) is 5.86. The Balaban J connectivity index is 1.52. The van der Waals surface area contributed by atoms with Crippen molar-refractivity contribution in [2.24, 2.45) is 0 Å². The number of carbonyl (C=O) groups is 2. The van der Waals surface area contributed by atoms with Gasteiger partial charge in [-0.15, -0.1) is 0 Å². The first kappa shape index (κ1) is 22.5. The van der Waals surface area contributed by atoms with Crippen molar-refractivity contribution in [3.05, 3.63) is 42.0 Å². The van der Waals surface area contributed by atoms with E-state index in [1.807, 2.05) is 30.3 Å². The molecule has 0 spiro atoms. The molecule has 2 heterocycles. The summed E-state index contributed by atoms with van der Waals surface area (Å²) in [5.74, 6) is -0.160. The second-order valence-electron chi connectivity index (χ2n) is 8.51. The molecule has 7 heteroatoms. The molecule has 0 bridgehead atoms. The van der Waals surface area contributed by atoms with Crippen molar-refractivity contribution in [1.29, 1.82) is 0 Å². The van der Waals surface area contributed by atoms with Gasteiger partial charge in [-0.2, -0.15) is 0 Å². The minimum absolute atomic E-state index is 0.0723. The molecule has 1 atom stereocenters. The second-order valence-corrected chi connectivity index (χ2v) is 8.51. The Morgan fingerprint density at radius 1 is 1.23 bits per heavy atom. The maximum Gasteiger partial charge on any atom is 0.237 e. The molecular weight excluding hydrogens is 380 g/mol. The van der Waals surface area contributed by atoms with Crippen molar-refractivity contribution < 1.29 is 14.3 Å². The standard InChI is InChI=1S/C23H34N4O3/c1-23(2,27-13-15-30-16-14-27)18-25-21(28)17-20-22(29)24-10-12-26(20)11-6-9-19-7-4-3-5-8-19/h3-9,20H,10-18H2,1-2H3,(H,24,29)(H,25,28)/b9-6+/t20-/m0/s1. The van der Waals surface area contributed by atoms with Crippen LogP contribution in [0.1, 0.15) is 25.8 Å². The van der Waals surface area contributed by atoms with Gasteiger partial charge in [0.25, 0.3) is 0 Å². The van der Waals surface area contributed by atoms with Gasteiger partial charge in [0.15, 0.2) is 0 Å². The predicted molar refractivity (Wildman–Crippen MR) is 118 cm³/mol. The highest BCUT2D eigenvalue weighted by molar-refractivity contribution is 5.88. The summed E-state index contributed by atoms with van der Waals surface area (Å²) in [4.78, 5) is 29.5. The van der Waals surface area contributed by atoms with E-state index in [9.17, 15) is 9.59 Å². The predicted octanol–water partition coefficient (Wildman–Crippen LogP) is 1.12. The number of carbonyl (C=O) groups excluding carboxylic acids is 2. The van der Waals surface area contributed by atoms with E-state index in [0.717, 1.165) is 38.4 Å². The lowest BCUT2D eigenvalue weighted by Gasteiger charge is -2.41. The first-order valence-electron chi connectivity index (χ1n) is 10.8. The van der Waals surface area contributed by atoms with Crippen LogP contribution < -0.4 is 10.6 Å². The average molecular weight is 415 g/mol. The summed E-state index contributed by atoms with van der Waals surface area (Å²) in [5.41, 5.74) is 0.977. The van der Waals surface area contributed by atoms with Gasteiger partial charge in [-0.3, -0.25) is 19.4 Å². The van der Waals surface area contributed by atoms with Crippen molar-refractivity contribution in [3.8, 4) is 0 Å². The van der Waals surface area contributed by atoms with Crippen LogP contribution in [0.2, 0.25) is 0 Å². The summed E-state index contributed by atoms with van der Waals surface area (Å²) in [7, 11) is 0. The van der Waals surface area contributed by atoms with Crippen LogP contribution in [-0.4, -0.2) is 85.7 Å². The highest BCUT2D eigenvalue weighted by atomic mass is 16.5. The number of ether oxygens (including phenoxy) is 1. The molecule has 30 heavy (non-hydrogen) atoms. The molecule has 2 aliphatic heterocycles. The molecule has 2 fully saturated rings. The van der Waals surface area contributed by atoms with Crippen LogP contribution in [0.15, 0.2) is 36.4 Å². The molecule has 2 N–H and O–H groups in total. The van der Waals surface area contributed by atoms with Gasteiger partial charge in [0.1, 0.15) is 0 Å². The zero-order chi connectivity index (χ0) is 21.4. The van der Waals surface area contributed by atoms with Gasteiger partial charge < -0.3 is 15.4 Å². The van der Waals surface area contributed by atoms with E-state index in [0.29, 0.717) is 19.6 Å². The van der Waals surface area contributed by atoms with Gasteiger partial charge in [0.2, 0.25) is 11.8 Å². The number of piperazine rings is 1. The van der Waals surface area contributed by atoms with Crippen LogP contribution in [0.25, 0.3) is 6.08 Å². The summed E-state index contributed by atoms with van der Waals surface area (Å²) in [6, 6.07) is 9.63.